The Morgan fingerprint density at radius 3 is 2.20 bits per heavy atom. The van der Waals surface area contributed by atoms with E-state index in [9.17, 15) is 18.4 Å². The van der Waals surface area contributed by atoms with E-state index in [1.807, 2.05) is 6.92 Å². The Morgan fingerprint density at radius 2 is 1.60 bits per heavy atom. The van der Waals surface area contributed by atoms with E-state index in [2.05, 4.69) is 0 Å². The molecular weight excluding hydrogens is 267 g/mol. The van der Waals surface area contributed by atoms with Crippen molar-refractivity contribution >= 4 is 11.9 Å². The Bertz CT molecular complexity index is 630. The molecule has 2 aromatic rings. The highest BCUT2D eigenvalue weighted by molar-refractivity contribution is 5.76. The van der Waals surface area contributed by atoms with E-state index >= 15 is 0 Å². The molecule has 0 bridgehead atoms. The fourth-order valence-electron chi connectivity index (χ4n) is 1.76. The molecule has 0 aliphatic rings. The molecule has 0 aliphatic heterocycles. The van der Waals surface area contributed by atoms with Gasteiger partial charge in [0.1, 0.15) is 5.56 Å². The zero-order chi connectivity index (χ0) is 14.8. The smallest absolute Gasteiger partial charge is 0.422 e. The summed E-state index contributed by atoms with van der Waals surface area (Å²) in [5.74, 6) is 0. The number of benzene rings is 2. The lowest BCUT2D eigenvalue weighted by Gasteiger charge is -2.11. The van der Waals surface area contributed by atoms with E-state index in [1.54, 1.807) is 24.3 Å². The second kappa shape index (κ2) is 5.36. The largest absolute Gasteiger partial charge is 0.618 e. The van der Waals surface area contributed by atoms with Gasteiger partial charge in [0.05, 0.1) is 0 Å². The van der Waals surface area contributed by atoms with Crippen molar-refractivity contribution in [3.05, 3.63) is 70.4 Å². The second-order valence-corrected chi connectivity index (χ2v) is 4.38. The molecule has 0 N–H and O–H groups in total. The molecule has 0 unspecified atom stereocenters. The summed E-state index contributed by atoms with van der Waals surface area (Å²) in [7, 11) is 0. The Morgan fingerprint density at radius 1 is 1.00 bits per heavy atom. The molecular formula is C15H12F3NO. The summed E-state index contributed by atoms with van der Waals surface area (Å²) in [5.41, 5.74) is 0.191. The molecule has 104 valence electrons. The standard InChI is InChI=1S/C15H12F3NO/c1-11-6-8-12(9-7-11)10-19(20)14-5-3-2-4-13(14)15(16,17)18/h2-10H,1H3. The van der Waals surface area contributed by atoms with Crippen LogP contribution in [0.25, 0.3) is 0 Å². The van der Waals surface area contributed by atoms with Gasteiger partial charge in [0.2, 0.25) is 5.69 Å². The minimum Gasteiger partial charge on any atom is -0.618 e. The normalized spacial score (nSPS) is 12.5. The predicted octanol–water partition coefficient (Wildman–Crippen LogP) is 4.27. The summed E-state index contributed by atoms with van der Waals surface area (Å²) in [5, 5.41) is 11.9. The summed E-state index contributed by atoms with van der Waals surface area (Å²) in [6.07, 6.45) is -3.43. The first-order chi connectivity index (χ1) is 9.38. The maximum absolute atomic E-state index is 12.8. The molecule has 0 aliphatic carbocycles. The second-order valence-electron chi connectivity index (χ2n) is 4.38. The Hall–Kier alpha value is -2.30. The maximum atomic E-state index is 12.8. The van der Waals surface area contributed by atoms with Crippen molar-refractivity contribution in [2.24, 2.45) is 0 Å². The van der Waals surface area contributed by atoms with Gasteiger partial charge in [-0.3, -0.25) is 0 Å². The van der Waals surface area contributed by atoms with Gasteiger partial charge in [-0.2, -0.15) is 17.9 Å². The number of halogens is 3. The molecule has 0 atom stereocenters. The number of para-hydroxylation sites is 1. The molecule has 0 amide bonds. The van der Waals surface area contributed by atoms with Crippen molar-refractivity contribution in [2.75, 3.05) is 0 Å². The highest BCUT2D eigenvalue weighted by Crippen LogP contribution is 2.35. The van der Waals surface area contributed by atoms with Crippen LogP contribution >= 0.6 is 0 Å². The van der Waals surface area contributed by atoms with Crippen LogP contribution in [0.15, 0.2) is 48.5 Å². The SMILES string of the molecule is Cc1ccc(C=[N+]([O-])c2ccccc2C(F)(F)F)cc1. The Kier molecular flexibility index (Phi) is 3.79. The average molecular weight is 279 g/mol. The molecule has 5 heteroatoms. The summed E-state index contributed by atoms with van der Waals surface area (Å²) >= 11 is 0. The van der Waals surface area contributed by atoms with Gasteiger partial charge in [0, 0.05) is 11.6 Å². The number of aryl methyl sites for hydroxylation is 1. The van der Waals surface area contributed by atoms with Gasteiger partial charge in [0.15, 0.2) is 6.21 Å². The minimum absolute atomic E-state index is 0.244. The third-order valence-corrected chi connectivity index (χ3v) is 2.79. The quantitative estimate of drug-likeness (QED) is 0.349. The van der Waals surface area contributed by atoms with Crippen LogP contribution in [-0.4, -0.2) is 11.0 Å². The molecule has 2 aromatic carbocycles. The van der Waals surface area contributed by atoms with Crippen LogP contribution in [0.1, 0.15) is 16.7 Å². The lowest BCUT2D eigenvalue weighted by Crippen LogP contribution is -2.10. The molecule has 0 fully saturated rings. The maximum Gasteiger partial charge on any atom is 0.422 e. The van der Waals surface area contributed by atoms with Gasteiger partial charge in [-0.15, -0.1) is 0 Å². The van der Waals surface area contributed by atoms with Crippen LogP contribution in [0.2, 0.25) is 0 Å². The van der Waals surface area contributed by atoms with E-state index in [4.69, 9.17) is 0 Å². The Balaban J connectivity index is 2.43. The van der Waals surface area contributed by atoms with Gasteiger partial charge in [0.25, 0.3) is 0 Å². The van der Waals surface area contributed by atoms with Crippen LogP contribution < -0.4 is 0 Å². The van der Waals surface area contributed by atoms with E-state index in [0.29, 0.717) is 5.56 Å². The fraction of sp³-hybridized carbons (Fsp3) is 0.133. The highest BCUT2D eigenvalue weighted by Gasteiger charge is 2.36. The molecule has 0 saturated carbocycles. The van der Waals surface area contributed by atoms with E-state index < -0.39 is 17.4 Å². The van der Waals surface area contributed by atoms with Gasteiger partial charge in [-0.25, -0.2) is 0 Å². The number of rotatable bonds is 2. The van der Waals surface area contributed by atoms with E-state index in [1.165, 1.54) is 12.1 Å². The molecule has 0 aromatic heterocycles. The van der Waals surface area contributed by atoms with Crippen LogP contribution in [0, 0.1) is 12.1 Å². The molecule has 0 heterocycles. The van der Waals surface area contributed by atoms with Gasteiger partial charge in [-0.1, -0.05) is 29.8 Å². The monoisotopic (exact) mass is 279 g/mol. The number of alkyl halides is 3. The van der Waals surface area contributed by atoms with Gasteiger partial charge < -0.3 is 5.21 Å². The van der Waals surface area contributed by atoms with Crippen LogP contribution in [0.3, 0.4) is 0 Å². The number of hydrogen-bond donors (Lipinski definition) is 0. The first-order valence-electron chi connectivity index (χ1n) is 5.92. The zero-order valence-corrected chi connectivity index (χ0v) is 10.7. The molecule has 2 rings (SSSR count). The predicted molar refractivity (Wildman–Crippen MR) is 71.1 cm³/mol. The lowest BCUT2D eigenvalue weighted by atomic mass is 10.1. The van der Waals surface area contributed by atoms with E-state index in [-0.39, 0.29) is 4.74 Å². The molecule has 0 radical (unpaired) electrons. The molecule has 20 heavy (non-hydrogen) atoms. The van der Waals surface area contributed by atoms with Crippen LogP contribution in [-0.2, 0) is 6.18 Å². The van der Waals surface area contributed by atoms with Crippen molar-refractivity contribution in [1.29, 1.82) is 0 Å². The summed E-state index contributed by atoms with van der Waals surface area (Å²) < 4.78 is 38.7. The third-order valence-electron chi connectivity index (χ3n) is 2.79. The third kappa shape index (κ3) is 3.17. The zero-order valence-electron chi connectivity index (χ0n) is 10.7. The van der Waals surface area contributed by atoms with Crippen LogP contribution in [0.4, 0.5) is 18.9 Å². The number of nitrogens with zero attached hydrogens (tertiary/aromatic N) is 1. The van der Waals surface area contributed by atoms with Crippen molar-refractivity contribution in [1.82, 2.24) is 0 Å². The van der Waals surface area contributed by atoms with Crippen molar-refractivity contribution < 1.29 is 17.9 Å². The van der Waals surface area contributed by atoms with Crippen molar-refractivity contribution in [3.63, 3.8) is 0 Å². The summed E-state index contributed by atoms with van der Waals surface area (Å²) in [4.78, 5) is 0. The summed E-state index contributed by atoms with van der Waals surface area (Å²) in [6, 6.07) is 11.6. The van der Waals surface area contributed by atoms with Crippen molar-refractivity contribution in [2.45, 2.75) is 13.1 Å². The summed E-state index contributed by atoms with van der Waals surface area (Å²) in [6.45, 7) is 1.89. The van der Waals surface area contributed by atoms with Gasteiger partial charge >= 0.3 is 6.18 Å². The average Bonchev–Trinajstić information content (AvgIpc) is 2.40. The number of hydrogen-bond acceptors (Lipinski definition) is 1. The molecule has 2 nitrogen and oxygen atoms in total. The lowest BCUT2D eigenvalue weighted by molar-refractivity contribution is -0.358. The topological polar surface area (TPSA) is 26.1 Å². The molecule has 0 saturated heterocycles. The highest BCUT2D eigenvalue weighted by atomic mass is 19.4. The minimum atomic E-state index is -4.56. The van der Waals surface area contributed by atoms with Crippen LogP contribution in [0.5, 0.6) is 0 Å². The van der Waals surface area contributed by atoms with Crippen molar-refractivity contribution in [3.8, 4) is 0 Å². The van der Waals surface area contributed by atoms with Gasteiger partial charge in [-0.05, 0) is 25.1 Å². The fourth-order valence-corrected chi connectivity index (χ4v) is 1.76. The van der Waals surface area contributed by atoms with E-state index in [0.717, 1.165) is 23.9 Å². The first-order valence-corrected chi connectivity index (χ1v) is 5.92. The molecule has 0 spiro atoms. The first kappa shape index (κ1) is 14.1. The Labute approximate surface area is 114 Å².